The van der Waals surface area contributed by atoms with Gasteiger partial charge in [0.15, 0.2) is 0 Å². The van der Waals surface area contributed by atoms with Gasteiger partial charge in [-0.3, -0.25) is 0 Å². The topological polar surface area (TPSA) is 142 Å². The van der Waals surface area contributed by atoms with Gasteiger partial charge in [0.25, 0.3) is 0 Å². The highest BCUT2D eigenvalue weighted by atomic mass is 16.3. The van der Waals surface area contributed by atoms with Crippen molar-refractivity contribution in [2.24, 2.45) is 0 Å². The van der Waals surface area contributed by atoms with E-state index in [2.05, 4.69) is 0 Å². The number of hydrogen-bond acceptors (Lipinski definition) is 7. The molecule has 0 saturated carbocycles. The van der Waals surface area contributed by atoms with Crippen molar-refractivity contribution in [3.05, 3.63) is 98.6 Å². The van der Waals surface area contributed by atoms with Crippen LogP contribution in [0.15, 0.2) is 48.5 Å². The van der Waals surface area contributed by atoms with Gasteiger partial charge in [0.05, 0.1) is 0 Å². The summed E-state index contributed by atoms with van der Waals surface area (Å²) in [4.78, 5) is 0. The molecule has 0 aliphatic heterocycles. The molecule has 1 aliphatic carbocycles. The van der Waals surface area contributed by atoms with E-state index in [0.29, 0.717) is 64.6 Å². The molecule has 232 valence electrons. The summed E-state index contributed by atoms with van der Waals surface area (Å²) in [6, 6.07) is 12.9. The summed E-state index contributed by atoms with van der Waals surface area (Å²) >= 11 is 0. The molecule has 0 saturated heterocycles. The van der Waals surface area contributed by atoms with Crippen molar-refractivity contribution in [3.8, 4) is 40.2 Å². The van der Waals surface area contributed by atoms with Crippen LogP contribution in [0.3, 0.4) is 0 Å². The zero-order chi connectivity index (χ0) is 32.0. The summed E-state index contributed by atoms with van der Waals surface area (Å²) in [5.41, 5.74) is 5.49. The predicted octanol–water partition coefficient (Wildman–Crippen LogP) is 8.42. The molecule has 1 aliphatic rings. The smallest absolute Gasteiger partial charge is 0.123 e. The Hall–Kier alpha value is -4.52. The number of phenolic OH excluding ortho intramolecular Hbond substituents is 7. The molecule has 7 heteroatoms. The molecule has 0 heterocycles. The molecule has 4 atom stereocenters. The number of aromatic hydroxyl groups is 7. The fraction of sp³-hybridized carbons (Fsp3) is 0.351. The zero-order valence-corrected chi connectivity index (χ0v) is 25.9. The van der Waals surface area contributed by atoms with Crippen molar-refractivity contribution in [3.63, 3.8) is 0 Å². The van der Waals surface area contributed by atoms with E-state index in [4.69, 9.17) is 0 Å². The summed E-state index contributed by atoms with van der Waals surface area (Å²) in [7, 11) is 0. The van der Waals surface area contributed by atoms with Crippen LogP contribution in [0.5, 0.6) is 40.2 Å². The highest BCUT2D eigenvalue weighted by Crippen LogP contribution is 2.50. The molecular weight excluding hydrogens is 556 g/mol. The Bertz CT molecular complexity index is 1370. The molecule has 4 aromatic rings. The number of rotatable bonds is 4. The molecule has 0 spiro atoms. The normalized spacial score (nSPS) is 19.6. The third-order valence-electron chi connectivity index (χ3n) is 9.58. The van der Waals surface area contributed by atoms with Crippen LogP contribution in [-0.2, 0) is 0 Å². The second-order valence-corrected chi connectivity index (χ2v) is 12.0. The summed E-state index contributed by atoms with van der Waals surface area (Å²) in [6.45, 7) is 9.75. The Balaban J connectivity index is 1.94. The number of hydrogen-bond donors (Lipinski definition) is 7. The fourth-order valence-electron chi connectivity index (χ4n) is 7.32. The molecule has 4 unspecified atom stereocenters. The second kappa shape index (κ2) is 11.9. The zero-order valence-electron chi connectivity index (χ0n) is 25.9. The largest absolute Gasteiger partial charge is 0.508 e. The minimum atomic E-state index is -0.507. The summed E-state index contributed by atoms with van der Waals surface area (Å²) < 4.78 is 0. The molecule has 7 N–H and O–H groups in total. The van der Waals surface area contributed by atoms with Gasteiger partial charge in [-0.25, -0.2) is 0 Å². The average Bonchev–Trinajstić information content (AvgIpc) is 2.97. The first-order valence-electron chi connectivity index (χ1n) is 15.5. The van der Waals surface area contributed by atoms with Crippen LogP contribution in [-0.4, -0.2) is 35.7 Å². The molecule has 8 bridgehead atoms. The van der Waals surface area contributed by atoms with Gasteiger partial charge < -0.3 is 35.7 Å². The Labute approximate surface area is 258 Å². The van der Waals surface area contributed by atoms with Crippen LogP contribution in [0.4, 0.5) is 0 Å². The molecule has 0 amide bonds. The molecular formula is C37H42O7. The summed E-state index contributed by atoms with van der Waals surface area (Å²) in [6.07, 6.45) is 2.12. The van der Waals surface area contributed by atoms with Gasteiger partial charge in [-0.15, -0.1) is 0 Å². The van der Waals surface area contributed by atoms with Crippen LogP contribution in [0.25, 0.3) is 0 Å². The van der Waals surface area contributed by atoms with E-state index in [-0.39, 0.29) is 46.2 Å². The lowest BCUT2D eigenvalue weighted by Crippen LogP contribution is -2.10. The Kier molecular flexibility index (Phi) is 8.34. The molecule has 44 heavy (non-hydrogen) atoms. The van der Waals surface area contributed by atoms with Gasteiger partial charge >= 0.3 is 0 Å². The Morgan fingerprint density at radius 2 is 0.545 bits per heavy atom. The van der Waals surface area contributed by atoms with Gasteiger partial charge in [0.1, 0.15) is 40.2 Å². The third kappa shape index (κ3) is 5.04. The highest BCUT2D eigenvalue weighted by molar-refractivity contribution is 5.61. The second-order valence-electron chi connectivity index (χ2n) is 12.0. The number of benzene rings is 4. The first kappa shape index (κ1) is 30.9. The lowest BCUT2D eigenvalue weighted by molar-refractivity contribution is 0.426. The van der Waals surface area contributed by atoms with Gasteiger partial charge in [-0.2, -0.15) is 0 Å². The minimum Gasteiger partial charge on any atom is -0.508 e. The van der Waals surface area contributed by atoms with Crippen molar-refractivity contribution in [2.45, 2.75) is 84.0 Å². The monoisotopic (exact) mass is 598 g/mol. The molecule has 7 nitrogen and oxygen atoms in total. The van der Waals surface area contributed by atoms with E-state index in [9.17, 15) is 35.7 Å². The minimum absolute atomic E-state index is 0.0578. The third-order valence-corrected chi connectivity index (χ3v) is 9.58. The van der Waals surface area contributed by atoms with E-state index in [1.54, 1.807) is 24.3 Å². The maximum Gasteiger partial charge on any atom is 0.123 e. The van der Waals surface area contributed by atoms with Crippen LogP contribution < -0.4 is 0 Å². The quantitative estimate of drug-likeness (QED) is 0.125. The first-order chi connectivity index (χ1) is 20.9. The van der Waals surface area contributed by atoms with Gasteiger partial charge in [-0.05, 0) is 68.0 Å². The van der Waals surface area contributed by atoms with Crippen molar-refractivity contribution in [1.29, 1.82) is 0 Å². The number of aryl methyl sites for hydroxylation is 1. The van der Waals surface area contributed by atoms with E-state index in [1.165, 1.54) is 18.2 Å². The summed E-state index contributed by atoms with van der Waals surface area (Å²) in [5, 5.41) is 78.1. The molecule has 5 rings (SSSR count). The lowest BCUT2D eigenvalue weighted by Gasteiger charge is -2.28. The highest BCUT2D eigenvalue weighted by Gasteiger charge is 2.31. The maximum absolute atomic E-state index is 11.3. The first-order valence-corrected chi connectivity index (χ1v) is 15.5. The Morgan fingerprint density at radius 3 is 0.795 bits per heavy atom. The van der Waals surface area contributed by atoms with Gasteiger partial charge in [0.2, 0.25) is 0 Å². The predicted molar refractivity (Wildman–Crippen MR) is 171 cm³/mol. The van der Waals surface area contributed by atoms with E-state index in [1.807, 2.05) is 40.7 Å². The molecule has 0 fully saturated rings. The van der Waals surface area contributed by atoms with Crippen LogP contribution >= 0.6 is 0 Å². The van der Waals surface area contributed by atoms with Crippen LogP contribution in [0.2, 0.25) is 0 Å². The van der Waals surface area contributed by atoms with Crippen LogP contribution in [0, 0.1) is 6.92 Å². The van der Waals surface area contributed by atoms with E-state index >= 15 is 0 Å². The van der Waals surface area contributed by atoms with Crippen molar-refractivity contribution in [1.82, 2.24) is 0 Å². The molecule has 0 radical (unpaired) electrons. The number of phenols is 7. The summed E-state index contributed by atoms with van der Waals surface area (Å²) in [5.74, 6) is -2.31. The fourth-order valence-corrected chi connectivity index (χ4v) is 7.32. The van der Waals surface area contributed by atoms with Crippen molar-refractivity contribution >= 4 is 0 Å². The van der Waals surface area contributed by atoms with Gasteiger partial charge in [-0.1, -0.05) is 33.8 Å². The van der Waals surface area contributed by atoms with Crippen LogP contribution in [0.1, 0.15) is 127 Å². The van der Waals surface area contributed by atoms with Crippen molar-refractivity contribution < 1.29 is 35.7 Å². The van der Waals surface area contributed by atoms with Gasteiger partial charge in [0, 0.05) is 80.8 Å². The van der Waals surface area contributed by atoms with Crippen molar-refractivity contribution in [2.75, 3.05) is 0 Å². The maximum atomic E-state index is 11.3. The lowest BCUT2D eigenvalue weighted by atomic mass is 9.77. The number of fused-ring (bicyclic) bond motifs is 8. The van der Waals surface area contributed by atoms with E-state index in [0.717, 1.165) is 11.1 Å². The standard InChI is InChI=1S/C37H42O7/c1-6-19-23-11-24(31(38)10-18(23)5)20(7-2)27-13-28(35(42)16-34(27)41)22(9-4)30-14-29(36(43)17-37(30)44)21(8-3)26-12-25(19)32(39)15-33(26)40/h10-17,19-22,38-44H,6-9H2,1-5H3. The Morgan fingerprint density at radius 1 is 0.341 bits per heavy atom. The molecule has 0 aromatic heterocycles. The van der Waals surface area contributed by atoms with E-state index < -0.39 is 17.8 Å². The SMILES string of the molecule is CCC1c2cc(c(O)cc2C)C(CC)c2cc(c(O)cc2O)C(CC)c2cc(c(O)cc2O)C(CC)c2cc1c(O)cc2O. The molecule has 4 aromatic carbocycles. The average molecular weight is 599 g/mol.